The lowest BCUT2D eigenvalue weighted by atomic mass is 10.1. The molecule has 1 aromatic rings. The predicted octanol–water partition coefficient (Wildman–Crippen LogP) is 3.28. The van der Waals surface area contributed by atoms with Gasteiger partial charge in [0, 0.05) is 18.7 Å². The van der Waals surface area contributed by atoms with E-state index in [0.717, 1.165) is 19.0 Å². The summed E-state index contributed by atoms with van der Waals surface area (Å²) >= 11 is 2.95. The monoisotopic (exact) mass is 304 g/mol. The standard InChI is InChI=1S/C12H15BrF2N2/c13-9-5-11(15)12(6-10(9)14)17-7-8-3-1-2-4-16-8/h5-6,8,16-17H,1-4,7H2. The van der Waals surface area contributed by atoms with Gasteiger partial charge in [-0.2, -0.15) is 0 Å². The van der Waals surface area contributed by atoms with Gasteiger partial charge in [-0.05, 0) is 41.4 Å². The molecular formula is C12H15BrF2N2. The quantitative estimate of drug-likeness (QED) is 0.838. The molecule has 0 aliphatic carbocycles. The smallest absolute Gasteiger partial charge is 0.147 e. The highest BCUT2D eigenvalue weighted by molar-refractivity contribution is 9.10. The zero-order chi connectivity index (χ0) is 12.3. The topological polar surface area (TPSA) is 24.1 Å². The van der Waals surface area contributed by atoms with Gasteiger partial charge in [0.1, 0.15) is 11.6 Å². The Hall–Kier alpha value is -0.680. The van der Waals surface area contributed by atoms with Crippen molar-refractivity contribution < 1.29 is 8.78 Å². The minimum Gasteiger partial charge on any atom is -0.381 e. The highest BCUT2D eigenvalue weighted by Gasteiger charge is 2.13. The summed E-state index contributed by atoms with van der Waals surface area (Å²) in [5, 5.41) is 6.30. The van der Waals surface area contributed by atoms with E-state index in [-0.39, 0.29) is 10.2 Å². The molecule has 2 nitrogen and oxygen atoms in total. The van der Waals surface area contributed by atoms with Crippen LogP contribution in [0.25, 0.3) is 0 Å². The Balaban J connectivity index is 1.96. The molecule has 1 unspecified atom stereocenters. The third kappa shape index (κ3) is 3.39. The van der Waals surface area contributed by atoms with Gasteiger partial charge in [0.05, 0.1) is 10.2 Å². The lowest BCUT2D eigenvalue weighted by molar-refractivity contribution is 0.413. The molecule has 1 aliphatic heterocycles. The van der Waals surface area contributed by atoms with E-state index in [2.05, 4.69) is 26.6 Å². The fourth-order valence-corrected chi connectivity index (χ4v) is 2.30. The molecule has 94 valence electrons. The van der Waals surface area contributed by atoms with Crippen LogP contribution in [0.15, 0.2) is 16.6 Å². The third-order valence-electron chi connectivity index (χ3n) is 2.96. The zero-order valence-corrected chi connectivity index (χ0v) is 11.0. The van der Waals surface area contributed by atoms with Crippen LogP contribution in [0.5, 0.6) is 0 Å². The Bertz CT molecular complexity index is 392. The number of halogens is 3. The molecule has 0 amide bonds. The Morgan fingerprint density at radius 1 is 1.29 bits per heavy atom. The van der Waals surface area contributed by atoms with Gasteiger partial charge in [-0.3, -0.25) is 0 Å². The van der Waals surface area contributed by atoms with E-state index in [1.54, 1.807) is 0 Å². The van der Waals surface area contributed by atoms with Crippen LogP contribution in [0.4, 0.5) is 14.5 Å². The van der Waals surface area contributed by atoms with Gasteiger partial charge in [0.2, 0.25) is 0 Å². The predicted molar refractivity (Wildman–Crippen MR) is 68.2 cm³/mol. The molecule has 1 saturated heterocycles. The van der Waals surface area contributed by atoms with E-state index in [0.29, 0.717) is 12.6 Å². The maximum Gasteiger partial charge on any atom is 0.147 e. The first-order valence-corrected chi connectivity index (χ1v) is 6.58. The molecule has 1 aliphatic rings. The number of hydrogen-bond acceptors (Lipinski definition) is 2. The Kier molecular flexibility index (Phi) is 4.34. The summed E-state index contributed by atoms with van der Waals surface area (Å²) in [6.07, 6.45) is 3.46. The van der Waals surface area contributed by atoms with Gasteiger partial charge in [0.15, 0.2) is 0 Å². The molecule has 17 heavy (non-hydrogen) atoms. The van der Waals surface area contributed by atoms with Crippen molar-refractivity contribution in [3.05, 3.63) is 28.2 Å². The van der Waals surface area contributed by atoms with Gasteiger partial charge in [-0.15, -0.1) is 0 Å². The second-order valence-electron chi connectivity index (χ2n) is 4.27. The first kappa shape index (κ1) is 12.8. The first-order valence-electron chi connectivity index (χ1n) is 5.78. The summed E-state index contributed by atoms with van der Waals surface area (Å²) < 4.78 is 26.9. The van der Waals surface area contributed by atoms with Crippen LogP contribution >= 0.6 is 15.9 Å². The number of piperidine rings is 1. The minimum atomic E-state index is -0.453. The van der Waals surface area contributed by atoms with Gasteiger partial charge in [-0.1, -0.05) is 6.42 Å². The summed E-state index contributed by atoms with van der Waals surface area (Å²) in [7, 11) is 0. The molecule has 1 aromatic carbocycles. The second-order valence-corrected chi connectivity index (χ2v) is 5.13. The van der Waals surface area contributed by atoms with Crippen molar-refractivity contribution in [2.45, 2.75) is 25.3 Å². The van der Waals surface area contributed by atoms with Crippen LogP contribution in [-0.2, 0) is 0 Å². The van der Waals surface area contributed by atoms with Crippen molar-refractivity contribution in [1.82, 2.24) is 5.32 Å². The van der Waals surface area contributed by atoms with Crippen LogP contribution in [0.3, 0.4) is 0 Å². The van der Waals surface area contributed by atoms with Crippen molar-refractivity contribution in [2.24, 2.45) is 0 Å². The molecule has 1 heterocycles. The van der Waals surface area contributed by atoms with Crippen LogP contribution in [0, 0.1) is 11.6 Å². The maximum atomic E-state index is 13.5. The lowest BCUT2D eigenvalue weighted by Crippen LogP contribution is -2.39. The van der Waals surface area contributed by atoms with E-state index in [1.165, 1.54) is 18.9 Å². The molecule has 5 heteroatoms. The lowest BCUT2D eigenvalue weighted by Gasteiger charge is -2.24. The average molecular weight is 305 g/mol. The fraction of sp³-hybridized carbons (Fsp3) is 0.500. The van der Waals surface area contributed by atoms with E-state index in [1.807, 2.05) is 0 Å². The molecule has 0 spiro atoms. The van der Waals surface area contributed by atoms with Gasteiger partial charge < -0.3 is 10.6 Å². The Labute approximate surface area is 108 Å². The van der Waals surface area contributed by atoms with Crippen molar-refractivity contribution in [2.75, 3.05) is 18.4 Å². The molecule has 1 atom stereocenters. The van der Waals surface area contributed by atoms with E-state index in [4.69, 9.17) is 0 Å². The molecule has 0 bridgehead atoms. The van der Waals surface area contributed by atoms with Crippen LogP contribution in [-0.4, -0.2) is 19.1 Å². The van der Waals surface area contributed by atoms with Crippen molar-refractivity contribution in [1.29, 1.82) is 0 Å². The third-order valence-corrected chi connectivity index (χ3v) is 3.57. The summed E-state index contributed by atoms with van der Waals surface area (Å²) in [5.74, 6) is -0.889. The first-order chi connectivity index (χ1) is 8.16. The van der Waals surface area contributed by atoms with Crippen LogP contribution < -0.4 is 10.6 Å². The van der Waals surface area contributed by atoms with Gasteiger partial charge in [-0.25, -0.2) is 8.78 Å². The Morgan fingerprint density at radius 3 is 2.82 bits per heavy atom. The number of rotatable bonds is 3. The van der Waals surface area contributed by atoms with Crippen molar-refractivity contribution in [3.8, 4) is 0 Å². The van der Waals surface area contributed by atoms with Crippen molar-refractivity contribution >= 4 is 21.6 Å². The maximum absolute atomic E-state index is 13.5. The van der Waals surface area contributed by atoms with Crippen LogP contribution in [0.2, 0.25) is 0 Å². The fourth-order valence-electron chi connectivity index (χ4n) is 1.99. The number of nitrogens with one attached hydrogen (secondary N) is 2. The molecular weight excluding hydrogens is 290 g/mol. The summed E-state index contributed by atoms with van der Waals surface area (Å²) in [6, 6.07) is 2.67. The highest BCUT2D eigenvalue weighted by atomic mass is 79.9. The highest BCUT2D eigenvalue weighted by Crippen LogP contribution is 2.23. The largest absolute Gasteiger partial charge is 0.381 e. The number of benzene rings is 1. The average Bonchev–Trinajstić information content (AvgIpc) is 2.33. The normalized spacial score (nSPS) is 20.3. The molecule has 0 saturated carbocycles. The van der Waals surface area contributed by atoms with Gasteiger partial charge in [0.25, 0.3) is 0 Å². The molecule has 1 fully saturated rings. The summed E-state index contributed by atoms with van der Waals surface area (Å²) in [6.45, 7) is 1.63. The summed E-state index contributed by atoms with van der Waals surface area (Å²) in [4.78, 5) is 0. The molecule has 2 N–H and O–H groups in total. The molecule has 0 aromatic heterocycles. The van der Waals surface area contributed by atoms with E-state index in [9.17, 15) is 8.78 Å². The zero-order valence-electron chi connectivity index (χ0n) is 9.40. The van der Waals surface area contributed by atoms with Crippen molar-refractivity contribution in [3.63, 3.8) is 0 Å². The van der Waals surface area contributed by atoms with Crippen LogP contribution in [0.1, 0.15) is 19.3 Å². The molecule has 2 rings (SSSR count). The van der Waals surface area contributed by atoms with E-state index >= 15 is 0 Å². The second kappa shape index (κ2) is 5.78. The Morgan fingerprint density at radius 2 is 2.12 bits per heavy atom. The van der Waals surface area contributed by atoms with E-state index < -0.39 is 11.6 Å². The minimum absolute atomic E-state index is 0.149. The number of anilines is 1. The van der Waals surface area contributed by atoms with Gasteiger partial charge >= 0.3 is 0 Å². The number of hydrogen-bond donors (Lipinski definition) is 2. The SMILES string of the molecule is Fc1cc(NCC2CCCCN2)c(F)cc1Br. The summed E-state index contributed by atoms with van der Waals surface area (Å²) in [5.41, 5.74) is 0.220. The molecule has 0 radical (unpaired) electrons.